The summed E-state index contributed by atoms with van der Waals surface area (Å²) in [5.41, 5.74) is 7.09. The van der Waals surface area contributed by atoms with E-state index in [9.17, 15) is 9.59 Å². The zero-order valence-corrected chi connectivity index (χ0v) is 22.1. The Labute approximate surface area is 222 Å². The Morgan fingerprint density at radius 3 is 2.63 bits per heavy atom. The highest BCUT2D eigenvalue weighted by Gasteiger charge is 2.15. The first-order chi connectivity index (χ1) is 18.3. The van der Waals surface area contributed by atoms with Gasteiger partial charge in [-0.1, -0.05) is 24.3 Å². The topological polar surface area (TPSA) is 81.3 Å². The van der Waals surface area contributed by atoms with Crippen molar-refractivity contribution in [2.45, 2.75) is 20.4 Å². The summed E-state index contributed by atoms with van der Waals surface area (Å²) in [5, 5.41) is 3.96. The summed E-state index contributed by atoms with van der Waals surface area (Å²) >= 11 is 0. The van der Waals surface area contributed by atoms with Gasteiger partial charge in [0.05, 0.1) is 0 Å². The maximum atomic E-state index is 13.2. The summed E-state index contributed by atoms with van der Waals surface area (Å²) in [6.45, 7) is 9.25. The normalized spacial score (nSPS) is 14.8. The number of carbonyl (C=O) groups is 1. The van der Waals surface area contributed by atoms with E-state index in [0.29, 0.717) is 11.2 Å². The lowest BCUT2D eigenvalue weighted by Gasteiger charge is -2.32. The molecule has 4 aromatic rings. The average Bonchev–Trinajstić information content (AvgIpc) is 2.89. The molecule has 0 bridgehead atoms. The van der Waals surface area contributed by atoms with Crippen LogP contribution in [0.4, 0.5) is 5.69 Å². The lowest BCUT2D eigenvalue weighted by Crippen LogP contribution is -2.43. The summed E-state index contributed by atoms with van der Waals surface area (Å²) in [6.07, 6.45) is 5.67. The van der Waals surface area contributed by atoms with Crippen molar-refractivity contribution in [3.8, 4) is 0 Å². The van der Waals surface area contributed by atoms with Gasteiger partial charge in [0.25, 0.3) is 5.91 Å². The Hall–Kier alpha value is -4.07. The zero-order valence-electron chi connectivity index (χ0n) is 22.1. The van der Waals surface area contributed by atoms with E-state index in [4.69, 9.17) is 0 Å². The lowest BCUT2D eigenvalue weighted by molar-refractivity contribution is 0.102. The summed E-state index contributed by atoms with van der Waals surface area (Å²) in [6, 6.07) is 17.3. The number of fused-ring (bicyclic) bond motifs is 1. The molecule has 0 unspecified atom stereocenters. The number of H-pyrrole nitrogens is 1. The first-order valence-corrected chi connectivity index (χ1v) is 12.9. The molecule has 194 valence electrons. The van der Waals surface area contributed by atoms with Crippen molar-refractivity contribution in [2.24, 2.45) is 0 Å². The number of benzene rings is 2. The van der Waals surface area contributed by atoms with Crippen molar-refractivity contribution in [2.75, 3.05) is 38.5 Å². The number of carbonyl (C=O) groups excluding carboxylic acids is 1. The standard InChI is InChI=1S/C31H33N5O2/c1-21-14-24(20-36-12-10-35(3)11-13-36)17-28(15-21)33-31(38)27-6-4-22(2)25(18-27)7-5-23-16-26-8-9-29(37)34-30(26)32-19-23/h4-9,14-19H,10-13,20H2,1-3H3,(H,33,38)(H,32,34,37)/b7-5+. The number of pyridine rings is 2. The molecule has 0 saturated carbocycles. The van der Waals surface area contributed by atoms with Crippen molar-refractivity contribution >= 4 is 34.8 Å². The fraction of sp³-hybridized carbons (Fsp3) is 0.258. The molecule has 1 saturated heterocycles. The number of amides is 1. The molecule has 0 spiro atoms. The number of nitrogens with one attached hydrogen (secondary N) is 2. The van der Waals surface area contributed by atoms with E-state index < -0.39 is 0 Å². The van der Waals surface area contributed by atoms with Crippen LogP contribution in [0, 0.1) is 13.8 Å². The molecular weight excluding hydrogens is 474 g/mol. The van der Waals surface area contributed by atoms with Gasteiger partial charge in [0.1, 0.15) is 5.65 Å². The highest BCUT2D eigenvalue weighted by atomic mass is 16.1. The van der Waals surface area contributed by atoms with Gasteiger partial charge in [0, 0.05) is 61.6 Å². The van der Waals surface area contributed by atoms with E-state index in [0.717, 1.165) is 66.1 Å². The fourth-order valence-corrected chi connectivity index (χ4v) is 4.79. The van der Waals surface area contributed by atoms with Crippen molar-refractivity contribution in [3.05, 3.63) is 105 Å². The molecule has 0 radical (unpaired) electrons. The van der Waals surface area contributed by atoms with Gasteiger partial charge in [-0.05, 0) is 85.1 Å². The van der Waals surface area contributed by atoms with Crippen LogP contribution in [-0.4, -0.2) is 58.9 Å². The first kappa shape index (κ1) is 25.6. The second kappa shape index (κ2) is 11.1. The Morgan fingerprint density at radius 2 is 1.82 bits per heavy atom. The summed E-state index contributed by atoms with van der Waals surface area (Å²) < 4.78 is 0. The van der Waals surface area contributed by atoms with E-state index in [1.165, 1.54) is 11.6 Å². The molecule has 7 nitrogen and oxygen atoms in total. The molecule has 0 aliphatic carbocycles. The molecule has 1 aliphatic heterocycles. The van der Waals surface area contributed by atoms with Crippen LogP contribution in [0.1, 0.15) is 38.2 Å². The Kier molecular flexibility index (Phi) is 7.49. The second-order valence-electron chi connectivity index (χ2n) is 10.2. The molecule has 2 aromatic heterocycles. The molecule has 3 heterocycles. The van der Waals surface area contributed by atoms with Gasteiger partial charge in [-0.15, -0.1) is 0 Å². The zero-order chi connectivity index (χ0) is 26.6. The van der Waals surface area contributed by atoms with Crippen molar-refractivity contribution < 1.29 is 4.79 Å². The maximum absolute atomic E-state index is 13.2. The van der Waals surface area contributed by atoms with Gasteiger partial charge in [-0.2, -0.15) is 0 Å². The molecule has 5 rings (SSSR count). The highest BCUT2D eigenvalue weighted by Crippen LogP contribution is 2.20. The van der Waals surface area contributed by atoms with Crippen molar-refractivity contribution in [1.29, 1.82) is 0 Å². The predicted octanol–water partition coefficient (Wildman–Crippen LogP) is 4.71. The van der Waals surface area contributed by atoms with Crippen LogP contribution < -0.4 is 10.9 Å². The molecule has 0 atom stereocenters. The molecule has 1 amide bonds. The minimum Gasteiger partial charge on any atom is -0.322 e. The third-order valence-corrected chi connectivity index (χ3v) is 6.99. The minimum absolute atomic E-state index is 0.132. The summed E-state index contributed by atoms with van der Waals surface area (Å²) in [5.74, 6) is -0.132. The number of piperazine rings is 1. The monoisotopic (exact) mass is 507 g/mol. The van der Waals surface area contributed by atoms with Crippen molar-refractivity contribution in [3.63, 3.8) is 0 Å². The Morgan fingerprint density at radius 1 is 1.00 bits per heavy atom. The molecule has 38 heavy (non-hydrogen) atoms. The highest BCUT2D eigenvalue weighted by molar-refractivity contribution is 6.04. The molecule has 1 fully saturated rings. The van der Waals surface area contributed by atoms with Gasteiger partial charge in [0.15, 0.2) is 0 Å². The largest absolute Gasteiger partial charge is 0.322 e. The number of rotatable bonds is 6. The molecule has 7 heteroatoms. The van der Waals surface area contributed by atoms with Gasteiger partial charge in [0.2, 0.25) is 5.56 Å². The van der Waals surface area contributed by atoms with E-state index in [1.807, 2.05) is 49.4 Å². The van der Waals surface area contributed by atoms with Crippen LogP contribution in [0.25, 0.3) is 23.2 Å². The van der Waals surface area contributed by atoms with Crippen LogP contribution in [0.3, 0.4) is 0 Å². The van der Waals surface area contributed by atoms with Crippen LogP contribution in [0.15, 0.2) is 65.6 Å². The summed E-state index contributed by atoms with van der Waals surface area (Å²) in [7, 11) is 2.16. The maximum Gasteiger partial charge on any atom is 0.255 e. The number of aromatic nitrogens is 2. The van der Waals surface area contributed by atoms with Crippen LogP contribution in [0.2, 0.25) is 0 Å². The van der Waals surface area contributed by atoms with Crippen LogP contribution >= 0.6 is 0 Å². The molecule has 2 N–H and O–H groups in total. The number of likely N-dealkylation sites (N-methyl/N-ethyl adjacent to an activating group) is 1. The van der Waals surface area contributed by atoms with Gasteiger partial charge >= 0.3 is 0 Å². The number of aromatic amines is 1. The SMILES string of the molecule is Cc1cc(CN2CCN(C)CC2)cc(NC(=O)c2ccc(C)c(/C=C/c3cnc4[nH]c(=O)ccc4c3)c2)c1. The number of aryl methyl sites for hydroxylation is 2. The van der Waals surface area contributed by atoms with Gasteiger partial charge in [-0.3, -0.25) is 14.5 Å². The third kappa shape index (κ3) is 6.25. The lowest BCUT2D eigenvalue weighted by atomic mass is 10.0. The molecule has 1 aliphatic rings. The minimum atomic E-state index is -0.170. The van der Waals surface area contributed by atoms with E-state index >= 15 is 0 Å². The number of anilines is 1. The average molecular weight is 508 g/mol. The Balaban J connectivity index is 1.30. The quantitative estimate of drug-likeness (QED) is 0.395. The predicted molar refractivity (Wildman–Crippen MR) is 154 cm³/mol. The second-order valence-corrected chi connectivity index (χ2v) is 10.2. The number of hydrogen-bond donors (Lipinski definition) is 2. The van der Waals surface area contributed by atoms with Crippen LogP contribution in [-0.2, 0) is 6.54 Å². The first-order valence-electron chi connectivity index (χ1n) is 12.9. The Bertz CT molecular complexity index is 1560. The van der Waals surface area contributed by atoms with Crippen molar-refractivity contribution in [1.82, 2.24) is 19.8 Å². The van der Waals surface area contributed by atoms with Gasteiger partial charge in [-0.25, -0.2) is 4.98 Å². The van der Waals surface area contributed by atoms with E-state index in [1.54, 1.807) is 12.3 Å². The molecular formula is C31H33N5O2. The number of hydrogen-bond acceptors (Lipinski definition) is 5. The fourth-order valence-electron chi connectivity index (χ4n) is 4.79. The smallest absolute Gasteiger partial charge is 0.255 e. The van der Waals surface area contributed by atoms with E-state index in [2.05, 4.69) is 51.2 Å². The third-order valence-electron chi connectivity index (χ3n) is 6.99. The number of nitrogens with zero attached hydrogens (tertiary/aromatic N) is 3. The van der Waals surface area contributed by atoms with Crippen LogP contribution in [0.5, 0.6) is 0 Å². The summed E-state index contributed by atoms with van der Waals surface area (Å²) in [4.78, 5) is 36.6. The molecule has 2 aromatic carbocycles. The van der Waals surface area contributed by atoms with Gasteiger partial charge < -0.3 is 15.2 Å². The van der Waals surface area contributed by atoms with E-state index in [-0.39, 0.29) is 11.5 Å².